The molecule has 1 aromatic rings. The zero-order chi connectivity index (χ0) is 14.1. The summed E-state index contributed by atoms with van der Waals surface area (Å²) in [5, 5.41) is 10.0. The molecule has 0 radical (unpaired) electrons. The molecule has 0 spiro atoms. The highest BCUT2D eigenvalue weighted by atomic mass is 32.1. The second kappa shape index (κ2) is 5.65. The molecule has 2 N–H and O–H groups in total. The van der Waals surface area contributed by atoms with Gasteiger partial charge in [0.2, 0.25) is 5.91 Å². The number of H-pyrrole nitrogens is 1. The Labute approximate surface area is 122 Å². The number of carbonyl (C=O) groups is 1. The van der Waals surface area contributed by atoms with E-state index in [1.807, 2.05) is 6.92 Å². The number of aromatic amines is 1. The molecule has 3 rings (SSSR count). The Kier molecular flexibility index (Phi) is 3.89. The lowest BCUT2D eigenvalue weighted by Crippen LogP contribution is -2.36. The van der Waals surface area contributed by atoms with Crippen molar-refractivity contribution in [1.29, 1.82) is 0 Å². The van der Waals surface area contributed by atoms with Crippen molar-refractivity contribution in [2.45, 2.75) is 57.3 Å². The van der Waals surface area contributed by atoms with E-state index in [-0.39, 0.29) is 18.1 Å². The van der Waals surface area contributed by atoms with Crippen LogP contribution in [0, 0.1) is 4.77 Å². The maximum atomic E-state index is 11.9. The van der Waals surface area contributed by atoms with Crippen LogP contribution in [0.2, 0.25) is 0 Å². The van der Waals surface area contributed by atoms with Crippen LogP contribution in [0.15, 0.2) is 0 Å². The van der Waals surface area contributed by atoms with Crippen LogP contribution in [-0.2, 0) is 16.0 Å². The van der Waals surface area contributed by atoms with Crippen molar-refractivity contribution in [2.24, 2.45) is 0 Å². The van der Waals surface area contributed by atoms with Crippen molar-refractivity contribution in [1.82, 2.24) is 20.1 Å². The maximum Gasteiger partial charge on any atom is 0.249 e. The summed E-state index contributed by atoms with van der Waals surface area (Å²) in [6, 6.07) is 0.506. The van der Waals surface area contributed by atoms with Crippen LogP contribution in [0.1, 0.15) is 44.5 Å². The van der Waals surface area contributed by atoms with Gasteiger partial charge in [-0.1, -0.05) is 0 Å². The molecule has 2 aliphatic rings. The van der Waals surface area contributed by atoms with E-state index in [0.29, 0.717) is 23.8 Å². The molecule has 110 valence electrons. The van der Waals surface area contributed by atoms with Crippen LogP contribution in [0.5, 0.6) is 0 Å². The molecule has 0 unspecified atom stereocenters. The van der Waals surface area contributed by atoms with Crippen LogP contribution in [0.4, 0.5) is 0 Å². The predicted octanol–water partition coefficient (Wildman–Crippen LogP) is 1.50. The third kappa shape index (κ3) is 2.93. The van der Waals surface area contributed by atoms with Gasteiger partial charge in [-0.25, -0.2) is 0 Å². The average Bonchev–Trinajstić information content (AvgIpc) is 3.05. The zero-order valence-corrected chi connectivity index (χ0v) is 12.4. The number of nitrogens with zero attached hydrogens (tertiary/aromatic N) is 2. The molecule has 1 aliphatic carbocycles. The number of hydrogen-bond acceptors (Lipinski definition) is 4. The maximum absolute atomic E-state index is 11.9. The van der Waals surface area contributed by atoms with Gasteiger partial charge in [0.25, 0.3) is 0 Å². The van der Waals surface area contributed by atoms with E-state index in [1.54, 1.807) is 0 Å². The van der Waals surface area contributed by atoms with Crippen molar-refractivity contribution < 1.29 is 9.53 Å². The Hall–Kier alpha value is -1.21. The second-order valence-electron chi connectivity index (χ2n) is 5.60. The van der Waals surface area contributed by atoms with E-state index in [0.717, 1.165) is 18.7 Å². The highest BCUT2D eigenvalue weighted by molar-refractivity contribution is 7.71. The second-order valence-corrected chi connectivity index (χ2v) is 5.99. The summed E-state index contributed by atoms with van der Waals surface area (Å²) in [7, 11) is 0. The van der Waals surface area contributed by atoms with Crippen molar-refractivity contribution in [2.75, 3.05) is 6.54 Å². The molecule has 1 saturated heterocycles. The van der Waals surface area contributed by atoms with Crippen LogP contribution >= 0.6 is 12.2 Å². The highest BCUT2D eigenvalue weighted by Crippen LogP contribution is 2.35. The molecular weight excluding hydrogens is 276 g/mol. The van der Waals surface area contributed by atoms with Crippen LogP contribution in [-0.4, -0.2) is 39.4 Å². The first-order chi connectivity index (χ1) is 9.65. The summed E-state index contributed by atoms with van der Waals surface area (Å²) < 4.78 is 8.31. The average molecular weight is 296 g/mol. The lowest BCUT2D eigenvalue weighted by Gasteiger charge is -2.11. The molecule has 0 bridgehead atoms. The molecule has 1 amide bonds. The topological polar surface area (TPSA) is 71.9 Å². The SMILES string of the molecule is C[C@@H]1CC[C@H](C(=O)NCCc2n[nH]c(=S)n2C2CC2)O1. The van der Waals surface area contributed by atoms with E-state index in [2.05, 4.69) is 20.1 Å². The van der Waals surface area contributed by atoms with Crippen LogP contribution in [0.3, 0.4) is 0 Å². The van der Waals surface area contributed by atoms with E-state index < -0.39 is 0 Å². The number of carbonyl (C=O) groups excluding carboxylic acids is 1. The van der Waals surface area contributed by atoms with Gasteiger partial charge in [0.05, 0.1) is 6.10 Å². The Morgan fingerprint density at radius 2 is 2.30 bits per heavy atom. The van der Waals surface area contributed by atoms with Gasteiger partial charge in [0, 0.05) is 19.0 Å². The van der Waals surface area contributed by atoms with Crippen molar-refractivity contribution in [3.05, 3.63) is 10.6 Å². The molecule has 0 aromatic carbocycles. The largest absolute Gasteiger partial charge is 0.365 e. The smallest absolute Gasteiger partial charge is 0.249 e. The standard InChI is InChI=1S/C13H20N4O2S/c1-8-2-5-10(19-8)12(18)14-7-6-11-15-16-13(20)17(11)9-3-4-9/h8-10H,2-7H2,1H3,(H,14,18)(H,16,20)/t8-,10-/m1/s1. The highest BCUT2D eigenvalue weighted by Gasteiger charge is 2.29. The van der Waals surface area contributed by atoms with Gasteiger partial charge in [0.1, 0.15) is 11.9 Å². The predicted molar refractivity (Wildman–Crippen MR) is 76.0 cm³/mol. The third-order valence-corrected chi connectivity index (χ3v) is 4.15. The summed E-state index contributed by atoms with van der Waals surface area (Å²) in [5.41, 5.74) is 0. The quantitative estimate of drug-likeness (QED) is 0.808. The van der Waals surface area contributed by atoms with Gasteiger partial charge < -0.3 is 14.6 Å². The number of hydrogen-bond donors (Lipinski definition) is 2. The lowest BCUT2D eigenvalue weighted by molar-refractivity contribution is -0.131. The Balaban J connectivity index is 1.50. The van der Waals surface area contributed by atoms with Crippen molar-refractivity contribution >= 4 is 18.1 Å². The van der Waals surface area contributed by atoms with E-state index in [9.17, 15) is 4.79 Å². The monoisotopic (exact) mass is 296 g/mol. The van der Waals surface area contributed by atoms with E-state index in [4.69, 9.17) is 17.0 Å². The molecule has 1 aliphatic heterocycles. The molecule has 7 heteroatoms. The van der Waals surface area contributed by atoms with E-state index in [1.165, 1.54) is 12.8 Å². The number of rotatable bonds is 5. The molecular formula is C13H20N4O2S. The van der Waals surface area contributed by atoms with E-state index >= 15 is 0 Å². The molecule has 2 atom stereocenters. The van der Waals surface area contributed by atoms with Crippen molar-refractivity contribution in [3.8, 4) is 0 Å². The molecule has 2 heterocycles. The number of amides is 1. The summed E-state index contributed by atoms with van der Waals surface area (Å²) in [5.74, 6) is 0.917. The van der Waals surface area contributed by atoms with Gasteiger partial charge in [0.15, 0.2) is 4.77 Å². The first-order valence-electron chi connectivity index (χ1n) is 7.24. The number of nitrogens with one attached hydrogen (secondary N) is 2. The minimum atomic E-state index is -0.283. The Morgan fingerprint density at radius 1 is 1.50 bits per heavy atom. The summed E-state index contributed by atoms with van der Waals surface area (Å²) >= 11 is 5.23. The Bertz CT molecular complexity index is 549. The fourth-order valence-electron chi connectivity index (χ4n) is 2.63. The summed E-state index contributed by atoms with van der Waals surface area (Å²) in [4.78, 5) is 11.9. The summed E-state index contributed by atoms with van der Waals surface area (Å²) in [6.45, 7) is 2.57. The van der Waals surface area contributed by atoms with Crippen molar-refractivity contribution in [3.63, 3.8) is 0 Å². The lowest BCUT2D eigenvalue weighted by atomic mass is 10.2. The first-order valence-corrected chi connectivity index (χ1v) is 7.65. The van der Waals surface area contributed by atoms with Gasteiger partial charge in [-0.05, 0) is 44.8 Å². The molecule has 6 nitrogen and oxygen atoms in total. The molecule has 2 fully saturated rings. The Morgan fingerprint density at radius 3 is 2.95 bits per heavy atom. The molecule has 1 aromatic heterocycles. The number of aromatic nitrogens is 3. The minimum Gasteiger partial charge on any atom is -0.365 e. The third-order valence-electron chi connectivity index (χ3n) is 3.86. The summed E-state index contributed by atoms with van der Waals surface area (Å²) in [6.07, 6.45) is 4.71. The zero-order valence-electron chi connectivity index (χ0n) is 11.6. The van der Waals surface area contributed by atoms with Crippen LogP contribution < -0.4 is 5.32 Å². The fourth-order valence-corrected chi connectivity index (χ4v) is 2.93. The minimum absolute atomic E-state index is 0.0125. The van der Waals surface area contributed by atoms with Gasteiger partial charge in [-0.2, -0.15) is 5.10 Å². The molecule has 20 heavy (non-hydrogen) atoms. The van der Waals surface area contributed by atoms with Crippen LogP contribution in [0.25, 0.3) is 0 Å². The van der Waals surface area contributed by atoms with Gasteiger partial charge in [-0.15, -0.1) is 0 Å². The van der Waals surface area contributed by atoms with Gasteiger partial charge in [-0.3, -0.25) is 9.89 Å². The first kappa shape index (κ1) is 13.8. The van der Waals surface area contributed by atoms with Gasteiger partial charge >= 0.3 is 0 Å². The fraction of sp³-hybridized carbons (Fsp3) is 0.769. The normalized spacial score (nSPS) is 25.9. The molecule has 1 saturated carbocycles. The number of ether oxygens (including phenoxy) is 1.